The van der Waals surface area contributed by atoms with E-state index < -0.39 is 29.7 Å². The molecule has 7 rings (SSSR count). The number of ether oxygens (including phenoxy) is 1. The number of rotatable bonds is 5. The van der Waals surface area contributed by atoms with E-state index in [4.69, 9.17) is 4.74 Å². The number of phenolic OH excluding ortho intramolecular Hbond substituents is 1. The molecule has 0 radical (unpaired) electrons. The summed E-state index contributed by atoms with van der Waals surface area (Å²) in [6, 6.07) is 10.4. The third kappa shape index (κ3) is 4.69. The molecule has 3 aliphatic rings. The Labute approximate surface area is 241 Å². The molecule has 2 aromatic heterocycles. The van der Waals surface area contributed by atoms with Gasteiger partial charge in [-0.25, -0.2) is 8.78 Å². The molecule has 0 spiro atoms. The van der Waals surface area contributed by atoms with Gasteiger partial charge in [0.2, 0.25) is 0 Å². The van der Waals surface area contributed by atoms with Crippen molar-refractivity contribution in [2.24, 2.45) is 0 Å². The molecule has 0 saturated carbocycles. The predicted molar refractivity (Wildman–Crippen MR) is 154 cm³/mol. The summed E-state index contributed by atoms with van der Waals surface area (Å²) in [6.07, 6.45) is 1.62. The van der Waals surface area contributed by atoms with Crippen molar-refractivity contribution in [1.82, 2.24) is 19.9 Å². The van der Waals surface area contributed by atoms with Crippen LogP contribution in [-0.4, -0.2) is 91.9 Å². The number of alkyl halides is 1. The highest BCUT2D eigenvalue weighted by Crippen LogP contribution is 2.41. The predicted octanol–water partition coefficient (Wildman–Crippen LogP) is 3.97. The van der Waals surface area contributed by atoms with Gasteiger partial charge in [-0.15, -0.1) is 0 Å². The molecule has 42 heavy (non-hydrogen) atoms. The summed E-state index contributed by atoms with van der Waals surface area (Å²) in [6.45, 7) is 2.14. The lowest BCUT2D eigenvalue weighted by Crippen LogP contribution is -2.43. The fourth-order valence-corrected chi connectivity index (χ4v) is 6.94. The number of halogens is 2. The van der Waals surface area contributed by atoms with Gasteiger partial charge in [-0.1, -0.05) is 24.3 Å². The van der Waals surface area contributed by atoms with E-state index in [1.54, 1.807) is 6.07 Å². The smallest absolute Gasteiger partial charge is 0.319 e. The standard InChI is InChI=1S/C31H33F2N5O4/c32-19-14-31(8-3-9-38(31)16-19)17-42-30-35-28-23(29(36-30)37-10-6-24(40)25(41)7-11-37)15-34-27(26(28)33)22-13-20(39)12-18-4-1-2-5-21(18)22/h1-2,4-5,12-13,15,19,24-25,39-41H,3,6-11,14,16-17H2/t19-,24-,25+,31+/m1/s1. The highest BCUT2D eigenvalue weighted by Gasteiger charge is 2.49. The summed E-state index contributed by atoms with van der Waals surface area (Å²) in [7, 11) is 0. The molecule has 0 aliphatic carbocycles. The summed E-state index contributed by atoms with van der Waals surface area (Å²) in [5, 5.41) is 32.7. The molecule has 2 aromatic carbocycles. The molecule has 4 atom stereocenters. The van der Waals surface area contributed by atoms with Gasteiger partial charge in [0.15, 0.2) is 5.82 Å². The number of phenols is 1. The molecule has 9 nitrogen and oxygen atoms in total. The quantitative estimate of drug-likeness (QED) is 0.324. The van der Waals surface area contributed by atoms with E-state index in [2.05, 4.69) is 19.9 Å². The monoisotopic (exact) mass is 577 g/mol. The molecule has 5 heterocycles. The van der Waals surface area contributed by atoms with Gasteiger partial charge in [-0.05, 0) is 55.1 Å². The average Bonchev–Trinajstić information content (AvgIpc) is 3.45. The first-order chi connectivity index (χ1) is 20.3. The zero-order chi connectivity index (χ0) is 29.0. The van der Waals surface area contributed by atoms with Gasteiger partial charge in [0, 0.05) is 37.8 Å². The van der Waals surface area contributed by atoms with Crippen molar-refractivity contribution in [3.63, 3.8) is 0 Å². The lowest BCUT2D eigenvalue weighted by atomic mass is 9.95. The molecule has 3 saturated heterocycles. The highest BCUT2D eigenvalue weighted by molar-refractivity contribution is 5.99. The van der Waals surface area contributed by atoms with Gasteiger partial charge in [-0.3, -0.25) is 9.88 Å². The molecule has 0 unspecified atom stereocenters. The number of anilines is 1. The topological polar surface area (TPSA) is 115 Å². The van der Waals surface area contributed by atoms with Crippen LogP contribution in [0.5, 0.6) is 11.8 Å². The molecule has 220 valence electrons. The minimum absolute atomic E-state index is 0.00772. The van der Waals surface area contributed by atoms with Crippen LogP contribution in [0, 0.1) is 5.82 Å². The van der Waals surface area contributed by atoms with Crippen molar-refractivity contribution >= 4 is 27.5 Å². The van der Waals surface area contributed by atoms with Crippen molar-refractivity contribution in [1.29, 1.82) is 0 Å². The molecule has 3 fully saturated rings. The lowest BCUT2D eigenvalue weighted by molar-refractivity contribution is 0.0187. The Balaban J connectivity index is 1.34. The Hall–Kier alpha value is -3.67. The van der Waals surface area contributed by atoms with Crippen LogP contribution < -0.4 is 9.64 Å². The summed E-state index contributed by atoms with van der Waals surface area (Å²) in [4.78, 5) is 17.7. The maximum atomic E-state index is 16.5. The molecule has 0 bridgehead atoms. The summed E-state index contributed by atoms with van der Waals surface area (Å²) in [5.74, 6) is -0.301. The van der Waals surface area contributed by atoms with E-state index >= 15 is 4.39 Å². The molecule has 3 N–H and O–H groups in total. The van der Waals surface area contributed by atoms with Crippen LogP contribution >= 0.6 is 0 Å². The van der Waals surface area contributed by atoms with Gasteiger partial charge in [-0.2, -0.15) is 9.97 Å². The van der Waals surface area contributed by atoms with E-state index in [0.717, 1.165) is 30.2 Å². The normalized spacial score (nSPS) is 26.6. The molecule has 11 heteroatoms. The van der Waals surface area contributed by atoms with Gasteiger partial charge >= 0.3 is 6.01 Å². The second-order valence-corrected chi connectivity index (χ2v) is 11.8. The number of hydrogen-bond donors (Lipinski definition) is 3. The van der Waals surface area contributed by atoms with Gasteiger partial charge in [0.1, 0.15) is 35.6 Å². The second-order valence-electron chi connectivity index (χ2n) is 11.8. The number of benzene rings is 2. The number of aromatic nitrogens is 3. The van der Waals surface area contributed by atoms with Crippen LogP contribution in [0.25, 0.3) is 32.9 Å². The number of hydrogen-bond acceptors (Lipinski definition) is 9. The molecule has 4 aromatic rings. The van der Waals surface area contributed by atoms with Crippen molar-refractivity contribution < 1.29 is 28.8 Å². The number of pyridine rings is 1. The third-order valence-corrected chi connectivity index (χ3v) is 9.11. The number of fused-ring (bicyclic) bond motifs is 3. The van der Waals surface area contributed by atoms with Crippen LogP contribution in [0.1, 0.15) is 32.1 Å². The van der Waals surface area contributed by atoms with Crippen LogP contribution in [0.4, 0.5) is 14.6 Å². The van der Waals surface area contributed by atoms with E-state index in [0.29, 0.717) is 55.7 Å². The Morgan fingerprint density at radius 1 is 1.02 bits per heavy atom. The first kappa shape index (κ1) is 27.2. The average molecular weight is 578 g/mol. The maximum Gasteiger partial charge on any atom is 0.319 e. The zero-order valence-corrected chi connectivity index (χ0v) is 23.1. The minimum Gasteiger partial charge on any atom is -0.508 e. The van der Waals surface area contributed by atoms with E-state index in [1.165, 1.54) is 12.3 Å². The number of aromatic hydroxyl groups is 1. The first-order valence-electron chi connectivity index (χ1n) is 14.5. The van der Waals surface area contributed by atoms with Crippen LogP contribution in [0.15, 0.2) is 42.6 Å². The minimum atomic E-state index is -0.917. The van der Waals surface area contributed by atoms with Crippen LogP contribution in [-0.2, 0) is 0 Å². The molecule has 0 amide bonds. The van der Waals surface area contributed by atoms with E-state index in [9.17, 15) is 19.7 Å². The van der Waals surface area contributed by atoms with Crippen molar-refractivity contribution in [2.75, 3.05) is 37.7 Å². The third-order valence-electron chi connectivity index (χ3n) is 9.11. The highest BCUT2D eigenvalue weighted by atomic mass is 19.1. The Kier molecular flexibility index (Phi) is 6.83. The summed E-state index contributed by atoms with van der Waals surface area (Å²) >= 11 is 0. The summed E-state index contributed by atoms with van der Waals surface area (Å²) in [5.41, 5.74) is 0.0305. The Morgan fingerprint density at radius 3 is 2.62 bits per heavy atom. The van der Waals surface area contributed by atoms with E-state index in [1.807, 2.05) is 29.2 Å². The molecular weight excluding hydrogens is 544 g/mol. The van der Waals surface area contributed by atoms with E-state index in [-0.39, 0.29) is 29.6 Å². The number of aliphatic hydroxyl groups excluding tert-OH is 2. The van der Waals surface area contributed by atoms with Gasteiger partial charge < -0.3 is 25.0 Å². The van der Waals surface area contributed by atoms with Gasteiger partial charge in [0.25, 0.3) is 0 Å². The SMILES string of the molecule is Oc1cc(-c2ncc3c(N4CC[C@@H](O)[C@@H](O)CC4)nc(OC[C@@]45CCCN4C[C@H](F)C5)nc3c2F)c2ccccc2c1. The fraction of sp³-hybridized carbons (Fsp3) is 0.452. The zero-order valence-electron chi connectivity index (χ0n) is 23.1. The second kappa shape index (κ2) is 10.6. The van der Waals surface area contributed by atoms with Gasteiger partial charge in [0.05, 0.1) is 23.1 Å². The van der Waals surface area contributed by atoms with Crippen molar-refractivity contribution in [2.45, 2.75) is 56.0 Å². The molecular formula is C31H33F2N5O4. The first-order valence-corrected chi connectivity index (χ1v) is 14.5. The lowest BCUT2D eigenvalue weighted by Gasteiger charge is -2.31. The number of aliphatic hydroxyl groups is 2. The number of nitrogens with zero attached hydrogens (tertiary/aromatic N) is 5. The van der Waals surface area contributed by atoms with Crippen LogP contribution in [0.3, 0.4) is 0 Å². The molecule has 3 aliphatic heterocycles. The fourth-order valence-electron chi connectivity index (χ4n) is 6.94. The summed E-state index contributed by atoms with van der Waals surface area (Å²) < 4.78 is 37.0. The largest absolute Gasteiger partial charge is 0.508 e. The maximum absolute atomic E-state index is 16.5. The van der Waals surface area contributed by atoms with Crippen molar-refractivity contribution in [3.05, 3.63) is 48.4 Å². The van der Waals surface area contributed by atoms with Crippen molar-refractivity contribution in [3.8, 4) is 23.0 Å². The Bertz CT molecular complexity index is 1650. The van der Waals surface area contributed by atoms with Crippen LogP contribution in [0.2, 0.25) is 0 Å². The Morgan fingerprint density at radius 2 is 1.81 bits per heavy atom.